The van der Waals surface area contributed by atoms with Gasteiger partial charge in [0.1, 0.15) is 5.82 Å². The Bertz CT molecular complexity index is 467. The van der Waals surface area contributed by atoms with E-state index in [4.69, 9.17) is 4.74 Å². The first-order chi connectivity index (χ1) is 9.01. The molecule has 4 nitrogen and oxygen atoms in total. The van der Waals surface area contributed by atoms with Gasteiger partial charge in [-0.05, 0) is 32.4 Å². The Kier molecular flexibility index (Phi) is 4.17. The van der Waals surface area contributed by atoms with Gasteiger partial charge in [-0.2, -0.15) is 0 Å². The third-order valence-electron chi connectivity index (χ3n) is 3.69. The van der Waals surface area contributed by atoms with Crippen molar-refractivity contribution >= 4 is 11.6 Å². The Hall–Kier alpha value is -1.46. The number of carbonyl (C=O) groups excluding carboxylic acids is 1. The molecule has 19 heavy (non-hydrogen) atoms. The number of benzene rings is 1. The summed E-state index contributed by atoms with van der Waals surface area (Å²) < 4.78 is 18.9. The Morgan fingerprint density at radius 3 is 2.89 bits per heavy atom. The fraction of sp³-hybridized carbons (Fsp3) is 0.500. The number of nitrogens with one attached hydrogen (secondary N) is 2. The lowest BCUT2D eigenvalue weighted by atomic mass is 9.95. The lowest BCUT2D eigenvalue weighted by Gasteiger charge is -2.28. The topological polar surface area (TPSA) is 50.4 Å². The molecule has 0 spiro atoms. The highest BCUT2D eigenvalue weighted by molar-refractivity contribution is 5.92. The molecule has 5 heteroatoms. The van der Waals surface area contributed by atoms with Crippen molar-refractivity contribution in [3.63, 3.8) is 0 Å². The number of hydrogen-bond acceptors (Lipinski definition) is 3. The van der Waals surface area contributed by atoms with Crippen LogP contribution in [0.4, 0.5) is 10.1 Å². The maximum Gasteiger partial charge on any atom is 0.238 e. The third kappa shape index (κ3) is 3.30. The van der Waals surface area contributed by atoms with Gasteiger partial charge in [0, 0.05) is 12.1 Å². The Balaban J connectivity index is 1.87. The Morgan fingerprint density at radius 1 is 1.53 bits per heavy atom. The molecule has 2 rings (SSSR count). The van der Waals surface area contributed by atoms with Gasteiger partial charge < -0.3 is 15.4 Å². The smallest absolute Gasteiger partial charge is 0.238 e. The van der Waals surface area contributed by atoms with E-state index in [1.165, 1.54) is 12.1 Å². The SMILES string of the molecule is CC1OCCC1(C)NCC(=O)Nc1ccccc1F. The van der Waals surface area contributed by atoms with E-state index in [0.29, 0.717) is 6.61 Å². The molecule has 1 aromatic rings. The van der Waals surface area contributed by atoms with Gasteiger partial charge in [0.15, 0.2) is 0 Å². The predicted octanol–water partition coefficient (Wildman–Crippen LogP) is 1.92. The second-order valence-electron chi connectivity index (χ2n) is 5.06. The predicted molar refractivity (Wildman–Crippen MR) is 71.5 cm³/mol. The van der Waals surface area contributed by atoms with E-state index < -0.39 is 5.82 Å². The monoisotopic (exact) mass is 266 g/mol. The molecule has 2 N–H and O–H groups in total. The largest absolute Gasteiger partial charge is 0.377 e. The zero-order chi connectivity index (χ0) is 13.9. The van der Waals surface area contributed by atoms with Crippen molar-refractivity contribution in [3.8, 4) is 0 Å². The minimum absolute atomic E-state index is 0.0637. The van der Waals surface area contributed by atoms with Crippen LogP contribution in [-0.2, 0) is 9.53 Å². The fourth-order valence-corrected chi connectivity index (χ4v) is 2.11. The van der Waals surface area contributed by atoms with Gasteiger partial charge >= 0.3 is 0 Å². The zero-order valence-electron chi connectivity index (χ0n) is 11.2. The number of carbonyl (C=O) groups is 1. The molecule has 0 bridgehead atoms. The van der Waals surface area contributed by atoms with E-state index >= 15 is 0 Å². The standard InChI is InChI=1S/C14H19FN2O2/c1-10-14(2,7-8-19-10)16-9-13(18)17-12-6-4-3-5-11(12)15/h3-6,10,16H,7-9H2,1-2H3,(H,17,18). The summed E-state index contributed by atoms with van der Waals surface area (Å²) in [5.41, 5.74) is 0.00205. The molecule has 1 fully saturated rings. The van der Waals surface area contributed by atoms with Crippen molar-refractivity contribution in [2.45, 2.75) is 31.9 Å². The van der Waals surface area contributed by atoms with Crippen LogP contribution in [0.3, 0.4) is 0 Å². The molecule has 0 saturated carbocycles. The van der Waals surface area contributed by atoms with Crippen molar-refractivity contribution in [3.05, 3.63) is 30.1 Å². The van der Waals surface area contributed by atoms with E-state index in [0.717, 1.165) is 6.42 Å². The number of halogens is 1. The summed E-state index contributed by atoms with van der Waals surface area (Å²) in [6.07, 6.45) is 0.926. The van der Waals surface area contributed by atoms with E-state index in [9.17, 15) is 9.18 Å². The molecule has 2 unspecified atom stereocenters. The quantitative estimate of drug-likeness (QED) is 0.875. The average molecular weight is 266 g/mol. The van der Waals surface area contributed by atoms with Gasteiger partial charge in [-0.1, -0.05) is 12.1 Å². The highest BCUT2D eigenvalue weighted by Gasteiger charge is 2.36. The molecule has 0 aromatic heterocycles. The van der Waals surface area contributed by atoms with Crippen LogP contribution in [0.25, 0.3) is 0 Å². The van der Waals surface area contributed by atoms with E-state index in [2.05, 4.69) is 10.6 Å². The second kappa shape index (κ2) is 5.67. The molecule has 1 saturated heterocycles. The fourth-order valence-electron chi connectivity index (χ4n) is 2.11. The van der Waals surface area contributed by atoms with Crippen molar-refractivity contribution < 1.29 is 13.9 Å². The number of rotatable bonds is 4. The van der Waals surface area contributed by atoms with Gasteiger partial charge in [0.05, 0.1) is 18.3 Å². The molecule has 2 atom stereocenters. The lowest BCUT2D eigenvalue weighted by molar-refractivity contribution is -0.115. The first-order valence-corrected chi connectivity index (χ1v) is 6.42. The number of amides is 1. The van der Waals surface area contributed by atoms with Crippen LogP contribution in [0.2, 0.25) is 0 Å². The summed E-state index contributed by atoms with van der Waals surface area (Å²) in [4.78, 5) is 11.8. The second-order valence-corrected chi connectivity index (χ2v) is 5.06. The first kappa shape index (κ1) is 14.0. The number of ether oxygens (including phenoxy) is 1. The minimum Gasteiger partial charge on any atom is -0.377 e. The molecular formula is C14H19FN2O2. The summed E-state index contributed by atoms with van der Waals surface area (Å²) in [5, 5.41) is 5.74. The first-order valence-electron chi connectivity index (χ1n) is 6.42. The summed E-state index contributed by atoms with van der Waals surface area (Å²) in [6.45, 7) is 4.84. The molecule has 104 valence electrons. The van der Waals surface area contributed by atoms with Crippen LogP contribution < -0.4 is 10.6 Å². The van der Waals surface area contributed by atoms with Gasteiger partial charge in [-0.3, -0.25) is 4.79 Å². The Labute approximate surface area is 112 Å². The van der Waals surface area contributed by atoms with Crippen molar-refractivity contribution in [1.82, 2.24) is 5.32 Å². The molecule has 0 aliphatic carbocycles. The summed E-state index contributed by atoms with van der Waals surface area (Å²) >= 11 is 0. The van der Waals surface area contributed by atoms with E-state index in [-0.39, 0.29) is 29.8 Å². The van der Waals surface area contributed by atoms with Crippen LogP contribution in [0.15, 0.2) is 24.3 Å². The van der Waals surface area contributed by atoms with Crippen LogP contribution in [0.5, 0.6) is 0 Å². The van der Waals surface area contributed by atoms with Crippen molar-refractivity contribution in [1.29, 1.82) is 0 Å². The highest BCUT2D eigenvalue weighted by Crippen LogP contribution is 2.24. The average Bonchev–Trinajstić information content (AvgIpc) is 2.71. The normalized spacial score (nSPS) is 26.4. The van der Waals surface area contributed by atoms with Gasteiger partial charge in [0.25, 0.3) is 0 Å². The van der Waals surface area contributed by atoms with Gasteiger partial charge in [-0.25, -0.2) is 4.39 Å². The molecule has 0 radical (unpaired) electrons. The van der Waals surface area contributed by atoms with Gasteiger partial charge in [0.2, 0.25) is 5.91 Å². The highest BCUT2D eigenvalue weighted by atomic mass is 19.1. The summed E-state index contributed by atoms with van der Waals surface area (Å²) in [6, 6.07) is 6.12. The summed E-state index contributed by atoms with van der Waals surface area (Å²) in [5.74, 6) is -0.690. The van der Waals surface area contributed by atoms with Crippen LogP contribution in [0, 0.1) is 5.82 Å². The number of anilines is 1. The van der Waals surface area contributed by atoms with E-state index in [1.807, 2.05) is 13.8 Å². The van der Waals surface area contributed by atoms with Gasteiger partial charge in [-0.15, -0.1) is 0 Å². The lowest BCUT2D eigenvalue weighted by Crippen LogP contribution is -2.50. The minimum atomic E-state index is -0.431. The molecule has 1 aliphatic rings. The molecular weight excluding hydrogens is 247 g/mol. The maximum atomic E-state index is 13.4. The van der Waals surface area contributed by atoms with E-state index in [1.54, 1.807) is 12.1 Å². The Morgan fingerprint density at radius 2 is 2.26 bits per heavy atom. The van der Waals surface area contributed by atoms with Crippen molar-refractivity contribution in [2.24, 2.45) is 0 Å². The summed E-state index contributed by atoms with van der Waals surface area (Å²) in [7, 11) is 0. The number of para-hydroxylation sites is 1. The van der Waals surface area contributed by atoms with Crippen LogP contribution >= 0.6 is 0 Å². The molecule has 1 aromatic carbocycles. The third-order valence-corrected chi connectivity index (χ3v) is 3.69. The molecule has 1 aliphatic heterocycles. The number of hydrogen-bond donors (Lipinski definition) is 2. The molecule has 1 amide bonds. The van der Waals surface area contributed by atoms with Crippen LogP contribution in [0.1, 0.15) is 20.3 Å². The maximum absolute atomic E-state index is 13.4. The molecule has 1 heterocycles. The zero-order valence-corrected chi connectivity index (χ0v) is 11.2. The van der Waals surface area contributed by atoms with Crippen molar-refractivity contribution in [2.75, 3.05) is 18.5 Å². The van der Waals surface area contributed by atoms with Crippen LogP contribution in [-0.4, -0.2) is 30.7 Å².